The van der Waals surface area contributed by atoms with Crippen LogP contribution in [0.2, 0.25) is 0 Å². The van der Waals surface area contributed by atoms with Crippen molar-refractivity contribution in [1.29, 1.82) is 0 Å². The molecule has 2 nitrogen and oxygen atoms in total. The highest BCUT2D eigenvalue weighted by atomic mass is 32.2. The Kier molecular flexibility index (Phi) is 8.84. The molecule has 0 spiro atoms. The van der Waals surface area contributed by atoms with E-state index in [1.54, 1.807) is 23.9 Å². The fraction of sp³-hybridized carbons (Fsp3) is 0.250. The van der Waals surface area contributed by atoms with Gasteiger partial charge >= 0.3 is 5.97 Å². The van der Waals surface area contributed by atoms with E-state index in [1.807, 2.05) is 24.3 Å². The predicted molar refractivity (Wildman–Crippen MR) is 133 cm³/mol. The van der Waals surface area contributed by atoms with E-state index in [9.17, 15) is 13.6 Å². The van der Waals surface area contributed by atoms with Crippen molar-refractivity contribution < 1.29 is 18.3 Å². The molecule has 3 rings (SSSR count). The van der Waals surface area contributed by atoms with Crippen molar-refractivity contribution in [3.05, 3.63) is 100 Å². The number of carbonyl (C=O) groups is 1. The summed E-state index contributed by atoms with van der Waals surface area (Å²) in [6.07, 6.45) is 4.59. The first-order chi connectivity index (χ1) is 15.9. The molecule has 0 radical (unpaired) electrons. The molecule has 0 bridgehead atoms. The fourth-order valence-electron chi connectivity index (χ4n) is 3.51. The van der Waals surface area contributed by atoms with Crippen molar-refractivity contribution in [2.24, 2.45) is 0 Å². The molecular formula is C28H28F2O2S. The minimum absolute atomic E-state index is 0.344. The van der Waals surface area contributed by atoms with E-state index in [0.29, 0.717) is 11.1 Å². The quantitative estimate of drug-likeness (QED) is 0.139. The first kappa shape index (κ1) is 24.7. The van der Waals surface area contributed by atoms with Crippen LogP contribution in [0.25, 0.3) is 11.6 Å². The van der Waals surface area contributed by atoms with E-state index in [0.717, 1.165) is 47.1 Å². The monoisotopic (exact) mass is 466 g/mol. The number of carbonyl (C=O) groups excluding carboxylic acids is 1. The molecule has 0 saturated heterocycles. The van der Waals surface area contributed by atoms with Gasteiger partial charge in [-0.25, -0.2) is 13.6 Å². The zero-order valence-electron chi connectivity index (χ0n) is 19.2. The molecule has 0 fully saturated rings. The first-order valence-electron chi connectivity index (χ1n) is 10.9. The molecule has 5 heteroatoms. The summed E-state index contributed by atoms with van der Waals surface area (Å²) in [5.41, 5.74) is 5.45. The number of halogens is 2. The Bertz CT molecular complexity index is 1120. The third-order valence-electron chi connectivity index (χ3n) is 5.49. The van der Waals surface area contributed by atoms with Crippen molar-refractivity contribution in [1.82, 2.24) is 0 Å². The number of unbranched alkanes of at least 4 members (excludes halogenated alkanes) is 1. The Balaban J connectivity index is 1.65. The number of esters is 1. The Hall–Kier alpha value is -2.92. The highest BCUT2D eigenvalue weighted by Gasteiger charge is 2.08. The molecule has 0 atom stereocenters. The fourth-order valence-corrected chi connectivity index (χ4v) is 4.42. The largest absolute Gasteiger partial charge is 0.465 e. The lowest BCUT2D eigenvalue weighted by Crippen LogP contribution is -2.00. The van der Waals surface area contributed by atoms with Crippen LogP contribution in [0.3, 0.4) is 0 Å². The third-order valence-corrected chi connectivity index (χ3v) is 6.59. The summed E-state index contributed by atoms with van der Waals surface area (Å²) < 4.78 is 32.5. The molecule has 0 aromatic heterocycles. The molecule has 0 aliphatic carbocycles. The van der Waals surface area contributed by atoms with Crippen LogP contribution in [0, 0.1) is 25.5 Å². The van der Waals surface area contributed by atoms with Crippen molar-refractivity contribution in [2.75, 3.05) is 12.9 Å². The second-order valence-corrected chi connectivity index (χ2v) is 9.16. The minimum atomic E-state index is -0.568. The Morgan fingerprint density at radius 1 is 0.879 bits per heavy atom. The lowest BCUT2D eigenvalue weighted by atomic mass is 9.96. The van der Waals surface area contributed by atoms with Crippen molar-refractivity contribution in [3.8, 4) is 0 Å². The van der Waals surface area contributed by atoms with Crippen LogP contribution in [0.4, 0.5) is 8.78 Å². The summed E-state index contributed by atoms with van der Waals surface area (Å²) in [7, 11) is 1.37. The van der Waals surface area contributed by atoms with Crippen molar-refractivity contribution in [3.63, 3.8) is 0 Å². The van der Waals surface area contributed by atoms with E-state index in [-0.39, 0.29) is 5.97 Å². The number of rotatable bonds is 9. The van der Waals surface area contributed by atoms with Gasteiger partial charge in [-0.2, -0.15) is 0 Å². The molecule has 0 heterocycles. The number of methoxy groups -OCH3 is 1. The molecule has 0 saturated carbocycles. The molecule has 33 heavy (non-hydrogen) atoms. The van der Waals surface area contributed by atoms with E-state index in [4.69, 9.17) is 4.74 Å². The maximum atomic E-state index is 13.9. The second-order valence-electron chi connectivity index (χ2n) is 7.99. The molecule has 0 unspecified atom stereocenters. The first-order valence-corrected chi connectivity index (χ1v) is 11.9. The molecule has 0 amide bonds. The smallest absolute Gasteiger partial charge is 0.337 e. The Morgan fingerprint density at radius 3 is 2.21 bits per heavy atom. The number of allylic oxidation sites excluding steroid dienone is 1. The van der Waals surface area contributed by atoms with Crippen LogP contribution in [-0.2, 0) is 4.74 Å². The van der Waals surface area contributed by atoms with Crippen LogP contribution in [0.15, 0.2) is 65.6 Å². The number of benzene rings is 3. The lowest BCUT2D eigenvalue weighted by Gasteiger charge is -2.11. The number of aryl methyl sites for hydroxylation is 2. The molecular weight excluding hydrogens is 438 g/mol. The average Bonchev–Trinajstić information content (AvgIpc) is 2.79. The zero-order valence-corrected chi connectivity index (χ0v) is 20.0. The summed E-state index contributed by atoms with van der Waals surface area (Å²) in [4.78, 5) is 12.6. The van der Waals surface area contributed by atoms with Gasteiger partial charge in [-0.3, -0.25) is 0 Å². The topological polar surface area (TPSA) is 26.3 Å². The van der Waals surface area contributed by atoms with Gasteiger partial charge in [-0.05, 0) is 103 Å². The number of hydrogen-bond donors (Lipinski definition) is 0. The van der Waals surface area contributed by atoms with Crippen LogP contribution in [-0.4, -0.2) is 18.8 Å². The van der Waals surface area contributed by atoms with Crippen LogP contribution < -0.4 is 0 Å². The van der Waals surface area contributed by atoms with Crippen molar-refractivity contribution >= 4 is 29.4 Å². The highest BCUT2D eigenvalue weighted by molar-refractivity contribution is 7.99. The standard InChI is InChI=1S/C28H28F2O2S/c1-19-7-8-21(14-20(19)2)15-23(24-16-25(29)18-26(30)17-24)6-4-5-13-33-27-11-9-22(10-12-27)28(31)32-3/h7-12,14-18H,4-6,13H2,1-3H3. The maximum absolute atomic E-state index is 13.9. The number of thioether (sulfide) groups is 1. The summed E-state index contributed by atoms with van der Waals surface area (Å²) in [6.45, 7) is 4.12. The normalized spacial score (nSPS) is 11.5. The van der Waals surface area contributed by atoms with E-state index in [2.05, 4.69) is 26.0 Å². The highest BCUT2D eigenvalue weighted by Crippen LogP contribution is 2.27. The van der Waals surface area contributed by atoms with Gasteiger partial charge in [0, 0.05) is 11.0 Å². The van der Waals surface area contributed by atoms with Gasteiger partial charge in [-0.15, -0.1) is 11.8 Å². The van der Waals surface area contributed by atoms with E-state index >= 15 is 0 Å². The van der Waals surface area contributed by atoms with Gasteiger partial charge in [0.2, 0.25) is 0 Å². The van der Waals surface area contributed by atoms with Crippen molar-refractivity contribution in [2.45, 2.75) is 38.0 Å². The molecule has 0 aliphatic heterocycles. The second kappa shape index (κ2) is 11.8. The third kappa shape index (κ3) is 7.29. The number of hydrogen-bond acceptors (Lipinski definition) is 3. The lowest BCUT2D eigenvalue weighted by molar-refractivity contribution is 0.0600. The number of ether oxygens (including phenoxy) is 1. The van der Waals surface area contributed by atoms with Gasteiger partial charge in [0.25, 0.3) is 0 Å². The Morgan fingerprint density at radius 2 is 1.58 bits per heavy atom. The average molecular weight is 467 g/mol. The van der Waals surface area contributed by atoms with Crippen LogP contribution in [0.1, 0.15) is 51.9 Å². The van der Waals surface area contributed by atoms with Gasteiger partial charge < -0.3 is 4.74 Å². The minimum Gasteiger partial charge on any atom is -0.465 e. The molecule has 3 aromatic carbocycles. The van der Waals surface area contributed by atoms with Gasteiger partial charge in [-0.1, -0.05) is 24.3 Å². The predicted octanol–water partition coefficient (Wildman–Crippen LogP) is 7.87. The van der Waals surface area contributed by atoms with E-state index < -0.39 is 11.6 Å². The zero-order chi connectivity index (χ0) is 23.8. The van der Waals surface area contributed by atoms with Gasteiger partial charge in [0.15, 0.2) is 0 Å². The van der Waals surface area contributed by atoms with Gasteiger partial charge in [0.1, 0.15) is 11.6 Å². The molecule has 0 aliphatic rings. The summed E-state index contributed by atoms with van der Waals surface area (Å²) in [5, 5.41) is 0. The van der Waals surface area contributed by atoms with Crippen LogP contribution >= 0.6 is 11.8 Å². The molecule has 3 aromatic rings. The Labute approximate surface area is 198 Å². The summed E-state index contributed by atoms with van der Waals surface area (Å²) in [6, 6.07) is 17.2. The summed E-state index contributed by atoms with van der Waals surface area (Å²) >= 11 is 1.72. The maximum Gasteiger partial charge on any atom is 0.337 e. The van der Waals surface area contributed by atoms with Gasteiger partial charge in [0.05, 0.1) is 12.7 Å². The molecule has 0 N–H and O–H groups in total. The van der Waals surface area contributed by atoms with Crippen LogP contribution in [0.5, 0.6) is 0 Å². The van der Waals surface area contributed by atoms with E-state index in [1.165, 1.54) is 30.4 Å². The molecule has 172 valence electrons. The summed E-state index contributed by atoms with van der Waals surface area (Å²) in [5.74, 6) is -0.571. The SMILES string of the molecule is COC(=O)c1ccc(SCCCCC(=Cc2ccc(C)c(C)c2)c2cc(F)cc(F)c2)cc1.